The monoisotopic (exact) mass is 377 g/mol. The van der Waals surface area contributed by atoms with Crippen molar-refractivity contribution >= 4 is 21.6 Å². The second kappa shape index (κ2) is 7.61. The maximum atomic E-state index is 12.5. The Morgan fingerprint density at radius 1 is 1.19 bits per heavy atom. The maximum Gasteiger partial charge on any atom is 0.241 e. The average Bonchev–Trinajstić information content (AvgIpc) is 3.13. The Morgan fingerprint density at radius 2 is 1.92 bits per heavy atom. The van der Waals surface area contributed by atoms with Gasteiger partial charge in [0.25, 0.3) is 0 Å². The highest BCUT2D eigenvalue weighted by molar-refractivity contribution is 7.92. The minimum Gasteiger partial charge on any atom is -0.454 e. The normalized spacial score (nSPS) is 12.7. The fourth-order valence-corrected chi connectivity index (χ4v) is 3.49. The summed E-state index contributed by atoms with van der Waals surface area (Å²) in [5, 5.41) is 2.72. The third kappa shape index (κ3) is 4.05. The Bertz CT molecular complexity index is 887. The number of ether oxygens (including phenoxy) is 2. The third-order valence-electron chi connectivity index (χ3n) is 3.87. The van der Waals surface area contributed by atoms with E-state index in [0.29, 0.717) is 23.7 Å². The van der Waals surface area contributed by atoms with Gasteiger partial charge in [-0.25, -0.2) is 8.42 Å². The highest BCUT2D eigenvalue weighted by Crippen LogP contribution is 2.36. The molecule has 138 valence electrons. The number of pyridine rings is 1. The lowest BCUT2D eigenvalue weighted by Gasteiger charge is -2.23. The number of anilines is 1. The third-order valence-corrected chi connectivity index (χ3v) is 5.61. The Balaban J connectivity index is 1.75. The lowest BCUT2D eigenvalue weighted by atomic mass is 10.2. The van der Waals surface area contributed by atoms with E-state index in [4.69, 9.17) is 9.47 Å². The lowest BCUT2D eigenvalue weighted by Crippen LogP contribution is -2.41. The molecule has 1 aliphatic heterocycles. The van der Waals surface area contributed by atoms with Gasteiger partial charge in [0.1, 0.15) is 6.54 Å². The summed E-state index contributed by atoms with van der Waals surface area (Å²) in [6.07, 6.45) is 3.25. The van der Waals surface area contributed by atoms with Gasteiger partial charge in [-0.05, 0) is 36.8 Å². The van der Waals surface area contributed by atoms with Crippen molar-refractivity contribution in [2.45, 2.75) is 13.5 Å². The van der Waals surface area contributed by atoms with Crippen molar-refractivity contribution in [3.8, 4) is 11.5 Å². The molecular weight excluding hydrogens is 358 g/mol. The maximum absolute atomic E-state index is 12.5. The number of aromatic nitrogens is 1. The molecule has 0 aliphatic carbocycles. The number of hydrogen-bond donors (Lipinski definition) is 1. The van der Waals surface area contributed by atoms with E-state index in [2.05, 4.69) is 10.3 Å². The van der Waals surface area contributed by atoms with Crippen molar-refractivity contribution in [1.82, 2.24) is 10.3 Å². The standard InChI is InChI=1S/C17H19N3O5S/c1-2-26(22,23)20(14-3-4-15-16(9-14)25-12-24-15)11-17(21)19-10-13-5-7-18-8-6-13/h3-9H,2,10-12H2,1H3,(H,19,21). The van der Waals surface area contributed by atoms with Crippen molar-refractivity contribution < 1.29 is 22.7 Å². The van der Waals surface area contributed by atoms with Crippen molar-refractivity contribution in [3.63, 3.8) is 0 Å². The van der Waals surface area contributed by atoms with Crippen LogP contribution in [-0.4, -0.2) is 38.4 Å². The van der Waals surface area contributed by atoms with E-state index in [1.165, 1.54) is 6.92 Å². The quantitative estimate of drug-likeness (QED) is 0.781. The molecular formula is C17H19N3O5S. The van der Waals surface area contributed by atoms with E-state index in [1.807, 2.05) is 0 Å². The largest absolute Gasteiger partial charge is 0.454 e. The first-order chi connectivity index (χ1) is 12.5. The number of hydrogen-bond acceptors (Lipinski definition) is 6. The number of carbonyl (C=O) groups is 1. The van der Waals surface area contributed by atoms with Gasteiger partial charge in [-0.3, -0.25) is 14.1 Å². The predicted octanol–water partition coefficient (Wildman–Crippen LogP) is 1.28. The van der Waals surface area contributed by atoms with E-state index >= 15 is 0 Å². The summed E-state index contributed by atoms with van der Waals surface area (Å²) in [5.74, 6) is 0.469. The molecule has 1 amide bonds. The molecule has 0 radical (unpaired) electrons. The van der Waals surface area contributed by atoms with Crippen LogP contribution in [0.3, 0.4) is 0 Å². The van der Waals surface area contributed by atoms with E-state index in [1.54, 1.807) is 42.7 Å². The van der Waals surface area contributed by atoms with Crippen molar-refractivity contribution in [1.29, 1.82) is 0 Å². The van der Waals surface area contributed by atoms with Crippen LogP contribution in [0.5, 0.6) is 11.5 Å². The van der Waals surface area contributed by atoms with Crippen LogP contribution in [0.1, 0.15) is 12.5 Å². The van der Waals surface area contributed by atoms with Crippen molar-refractivity contribution in [3.05, 3.63) is 48.3 Å². The minimum absolute atomic E-state index is 0.0890. The lowest BCUT2D eigenvalue weighted by molar-refractivity contribution is -0.119. The van der Waals surface area contributed by atoms with Crippen LogP contribution >= 0.6 is 0 Å². The topological polar surface area (TPSA) is 97.8 Å². The first kappa shape index (κ1) is 18.0. The Morgan fingerprint density at radius 3 is 2.65 bits per heavy atom. The molecule has 1 aromatic heterocycles. The molecule has 1 N–H and O–H groups in total. The molecule has 0 saturated heterocycles. The Labute approximate surface area is 151 Å². The van der Waals surface area contributed by atoms with Gasteiger partial charge in [0.2, 0.25) is 22.7 Å². The van der Waals surface area contributed by atoms with Gasteiger partial charge in [-0.1, -0.05) is 0 Å². The number of fused-ring (bicyclic) bond motifs is 1. The Hall–Kier alpha value is -2.81. The molecule has 2 aromatic rings. The summed E-state index contributed by atoms with van der Waals surface area (Å²) in [6, 6.07) is 8.34. The highest BCUT2D eigenvalue weighted by Gasteiger charge is 2.25. The van der Waals surface area contributed by atoms with E-state index in [0.717, 1.165) is 9.87 Å². The number of nitrogens with zero attached hydrogens (tertiary/aromatic N) is 2. The molecule has 0 spiro atoms. The number of carbonyl (C=O) groups excluding carboxylic acids is 1. The summed E-state index contributed by atoms with van der Waals surface area (Å²) in [6.45, 7) is 1.60. The van der Waals surface area contributed by atoms with Crippen LogP contribution in [0.25, 0.3) is 0 Å². The summed E-state index contributed by atoms with van der Waals surface area (Å²) in [5.41, 5.74) is 1.23. The molecule has 0 fully saturated rings. The second-order valence-electron chi connectivity index (χ2n) is 5.58. The van der Waals surface area contributed by atoms with Crippen LogP contribution in [0.4, 0.5) is 5.69 Å². The predicted molar refractivity (Wildman–Crippen MR) is 95.5 cm³/mol. The summed E-state index contributed by atoms with van der Waals surface area (Å²) in [4.78, 5) is 16.2. The molecule has 0 atom stereocenters. The molecule has 8 nitrogen and oxygen atoms in total. The van der Waals surface area contributed by atoms with Crippen LogP contribution in [-0.2, 0) is 21.4 Å². The van der Waals surface area contributed by atoms with Crippen LogP contribution in [0, 0.1) is 0 Å². The molecule has 0 bridgehead atoms. The van der Waals surface area contributed by atoms with Gasteiger partial charge in [-0.2, -0.15) is 0 Å². The van der Waals surface area contributed by atoms with E-state index in [-0.39, 0.29) is 19.1 Å². The molecule has 2 heterocycles. The molecule has 0 unspecified atom stereocenters. The second-order valence-corrected chi connectivity index (χ2v) is 7.76. The Kier molecular flexibility index (Phi) is 5.27. The zero-order valence-corrected chi connectivity index (χ0v) is 15.0. The van der Waals surface area contributed by atoms with Crippen molar-refractivity contribution in [2.75, 3.05) is 23.4 Å². The van der Waals surface area contributed by atoms with E-state index < -0.39 is 15.9 Å². The molecule has 9 heteroatoms. The highest BCUT2D eigenvalue weighted by atomic mass is 32.2. The molecule has 0 saturated carbocycles. The molecule has 3 rings (SSSR count). The number of benzene rings is 1. The summed E-state index contributed by atoms with van der Waals surface area (Å²) < 4.78 is 36.6. The van der Waals surface area contributed by atoms with E-state index in [9.17, 15) is 13.2 Å². The van der Waals surface area contributed by atoms with Gasteiger partial charge < -0.3 is 14.8 Å². The zero-order chi connectivity index (χ0) is 18.6. The SMILES string of the molecule is CCS(=O)(=O)N(CC(=O)NCc1ccncc1)c1ccc2c(c1)OCO2. The first-order valence-electron chi connectivity index (χ1n) is 8.05. The minimum atomic E-state index is -3.64. The first-order valence-corrected chi connectivity index (χ1v) is 9.66. The number of sulfonamides is 1. The average molecular weight is 377 g/mol. The van der Waals surface area contributed by atoms with Gasteiger partial charge in [-0.15, -0.1) is 0 Å². The fraction of sp³-hybridized carbons (Fsp3) is 0.294. The number of amides is 1. The fourth-order valence-electron chi connectivity index (χ4n) is 2.43. The summed E-state index contributed by atoms with van der Waals surface area (Å²) >= 11 is 0. The number of rotatable bonds is 7. The van der Waals surface area contributed by atoms with Gasteiger partial charge in [0.15, 0.2) is 11.5 Å². The molecule has 1 aliphatic rings. The molecule has 1 aromatic carbocycles. The van der Waals surface area contributed by atoms with Crippen molar-refractivity contribution in [2.24, 2.45) is 0 Å². The molecule has 26 heavy (non-hydrogen) atoms. The zero-order valence-electron chi connectivity index (χ0n) is 14.2. The number of nitrogens with one attached hydrogen (secondary N) is 1. The van der Waals surface area contributed by atoms with Gasteiger partial charge >= 0.3 is 0 Å². The van der Waals surface area contributed by atoms with Crippen LogP contribution < -0.4 is 19.1 Å². The van der Waals surface area contributed by atoms with Crippen LogP contribution in [0.2, 0.25) is 0 Å². The smallest absolute Gasteiger partial charge is 0.241 e. The van der Waals surface area contributed by atoms with Gasteiger partial charge in [0, 0.05) is 25.0 Å². The van der Waals surface area contributed by atoms with Gasteiger partial charge in [0.05, 0.1) is 11.4 Å². The summed E-state index contributed by atoms with van der Waals surface area (Å²) in [7, 11) is -3.64. The van der Waals surface area contributed by atoms with Crippen LogP contribution in [0.15, 0.2) is 42.7 Å².